The average molecular weight is 388 g/mol. The Labute approximate surface area is 162 Å². The molecule has 0 atom stereocenters. The lowest BCUT2D eigenvalue weighted by molar-refractivity contribution is -0.139. The zero-order valence-corrected chi connectivity index (χ0v) is 16.2. The second-order valence-corrected chi connectivity index (χ2v) is 8.11. The minimum absolute atomic E-state index is 0.0715. The van der Waals surface area contributed by atoms with Gasteiger partial charge in [0.05, 0.1) is 23.7 Å². The van der Waals surface area contributed by atoms with Crippen LogP contribution in [0, 0.1) is 0 Å². The number of amides is 2. The number of carbonyl (C=O) groups excluding carboxylic acids is 2. The molecule has 4 rings (SSSR count). The minimum atomic E-state index is -0.343. The summed E-state index contributed by atoms with van der Waals surface area (Å²) in [6, 6.07) is 3.85. The molecule has 0 aromatic carbocycles. The Balaban J connectivity index is 1.48. The van der Waals surface area contributed by atoms with Gasteiger partial charge in [-0.3, -0.25) is 14.7 Å². The van der Waals surface area contributed by atoms with Crippen LogP contribution in [0.3, 0.4) is 0 Å². The van der Waals surface area contributed by atoms with E-state index in [2.05, 4.69) is 15.5 Å². The maximum absolute atomic E-state index is 12.6. The van der Waals surface area contributed by atoms with E-state index in [1.807, 2.05) is 24.0 Å². The van der Waals surface area contributed by atoms with Crippen LogP contribution in [0.15, 0.2) is 18.3 Å². The number of aromatic nitrogens is 2. The van der Waals surface area contributed by atoms with E-state index in [0.29, 0.717) is 32.7 Å². The molecule has 1 spiro atoms. The number of hydrogen-bond acceptors (Lipinski definition) is 5. The molecule has 4 heterocycles. The fraction of sp³-hybridized carbons (Fsp3) is 0.526. The molecule has 0 bridgehead atoms. The SMILES string of the molecule is CCC(=O)N1CCC2(CC1)OCCc1cc(C(=O)NCc3ccn[nH]3)sc12. The number of rotatable bonds is 4. The summed E-state index contributed by atoms with van der Waals surface area (Å²) >= 11 is 1.54. The standard InChI is InChI=1S/C19H24N4O3S/c1-2-16(24)23-8-5-19(6-9-23)17-13(4-10-26-19)11-15(27-17)18(25)20-12-14-3-7-21-22-14/h3,7,11H,2,4-6,8-10,12H2,1H3,(H,20,25)(H,21,22). The first-order valence-corrected chi connectivity index (χ1v) is 10.2. The Hall–Kier alpha value is -2.19. The summed E-state index contributed by atoms with van der Waals surface area (Å²) in [5.74, 6) is 0.128. The van der Waals surface area contributed by atoms with E-state index < -0.39 is 0 Å². The number of fused-ring (bicyclic) bond motifs is 2. The molecular formula is C19H24N4O3S. The van der Waals surface area contributed by atoms with Crippen molar-refractivity contribution in [2.24, 2.45) is 0 Å². The van der Waals surface area contributed by atoms with Crippen LogP contribution in [0.4, 0.5) is 0 Å². The summed E-state index contributed by atoms with van der Waals surface area (Å²) < 4.78 is 6.23. The van der Waals surface area contributed by atoms with Gasteiger partial charge in [-0.15, -0.1) is 11.3 Å². The zero-order valence-electron chi connectivity index (χ0n) is 15.4. The molecule has 0 radical (unpaired) electrons. The third-order valence-corrected chi connectivity index (χ3v) is 6.78. The highest BCUT2D eigenvalue weighted by Crippen LogP contribution is 2.45. The van der Waals surface area contributed by atoms with Gasteiger partial charge in [0, 0.05) is 30.6 Å². The molecule has 1 saturated heterocycles. The Morgan fingerprint density at radius 3 is 2.93 bits per heavy atom. The van der Waals surface area contributed by atoms with Gasteiger partial charge in [-0.25, -0.2) is 0 Å². The highest BCUT2D eigenvalue weighted by molar-refractivity contribution is 7.14. The molecule has 0 aliphatic carbocycles. The number of thiophene rings is 1. The maximum atomic E-state index is 12.6. The molecule has 27 heavy (non-hydrogen) atoms. The molecule has 0 saturated carbocycles. The first kappa shape index (κ1) is 18.2. The number of aromatic amines is 1. The third kappa shape index (κ3) is 3.51. The Morgan fingerprint density at radius 2 is 2.22 bits per heavy atom. The van der Waals surface area contributed by atoms with E-state index in [1.54, 1.807) is 6.20 Å². The van der Waals surface area contributed by atoms with Gasteiger partial charge in [0.1, 0.15) is 5.60 Å². The van der Waals surface area contributed by atoms with Gasteiger partial charge in [-0.05, 0) is 37.0 Å². The predicted octanol–water partition coefficient (Wildman–Crippen LogP) is 2.20. The number of likely N-dealkylation sites (tertiary alicyclic amines) is 1. The zero-order chi connectivity index (χ0) is 18.9. The smallest absolute Gasteiger partial charge is 0.261 e. The highest BCUT2D eigenvalue weighted by atomic mass is 32.1. The third-order valence-electron chi connectivity index (χ3n) is 5.42. The fourth-order valence-electron chi connectivity index (χ4n) is 3.89. The first-order valence-electron chi connectivity index (χ1n) is 9.42. The number of hydrogen-bond donors (Lipinski definition) is 2. The van der Waals surface area contributed by atoms with Gasteiger partial charge in [0.15, 0.2) is 0 Å². The van der Waals surface area contributed by atoms with Crippen molar-refractivity contribution in [3.63, 3.8) is 0 Å². The van der Waals surface area contributed by atoms with Crippen molar-refractivity contribution >= 4 is 23.2 Å². The van der Waals surface area contributed by atoms with E-state index in [1.165, 1.54) is 21.8 Å². The van der Waals surface area contributed by atoms with E-state index in [4.69, 9.17) is 4.74 Å². The lowest BCUT2D eigenvalue weighted by atomic mass is 9.85. The molecule has 7 nitrogen and oxygen atoms in total. The summed E-state index contributed by atoms with van der Waals surface area (Å²) in [7, 11) is 0. The van der Waals surface area contributed by atoms with Crippen LogP contribution < -0.4 is 5.32 Å². The molecule has 2 aliphatic rings. The summed E-state index contributed by atoms with van der Waals surface area (Å²) in [6.45, 7) is 4.42. The summed E-state index contributed by atoms with van der Waals surface area (Å²) in [6.07, 6.45) is 4.63. The van der Waals surface area contributed by atoms with Crippen LogP contribution in [0.25, 0.3) is 0 Å². The number of nitrogens with one attached hydrogen (secondary N) is 2. The molecule has 1 fully saturated rings. The number of nitrogens with zero attached hydrogens (tertiary/aromatic N) is 2. The average Bonchev–Trinajstić information content (AvgIpc) is 3.36. The van der Waals surface area contributed by atoms with Crippen molar-refractivity contribution in [2.75, 3.05) is 19.7 Å². The number of H-pyrrole nitrogens is 1. The summed E-state index contributed by atoms with van der Waals surface area (Å²) in [5, 5.41) is 9.67. The van der Waals surface area contributed by atoms with Crippen LogP contribution in [-0.4, -0.2) is 46.6 Å². The molecular weight excluding hydrogens is 364 g/mol. The van der Waals surface area contributed by atoms with Gasteiger partial charge < -0.3 is 15.0 Å². The second-order valence-electron chi connectivity index (χ2n) is 7.06. The van der Waals surface area contributed by atoms with Gasteiger partial charge in [0.2, 0.25) is 5.91 Å². The fourth-order valence-corrected chi connectivity index (χ4v) is 5.22. The first-order chi connectivity index (χ1) is 13.1. The van der Waals surface area contributed by atoms with Crippen molar-refractivity contribution in [3.05, 3.63) is 39.3 Å². The van der Waals surface area contributed by atoms with Crippen LogP contribution in [-0.2, 0) is 28.1 Å². The molecule has 2 aliphatic heterocycles. The van der Waals surface area contributed by atoms with E-state index in [9.17, 15) is 9.59 Å². The van der Waals surface area contributed by atoms with E-state index in [0.717, 1.165) is 29.8 Å². The molecule has 2 aromatic rings. The van der Waals surface area contributed by atoms with Crippen molar-refractivity contribution in [2.45, 2.75) is 44.8 Å². The molecule has 8 heteroatoms. The topological polar surface area (TPSA) is 87.3 Å². The van der Waals surface area contributed by atoms with Crippen molar-refractivity contribution in [3.8, 4) is 0 Å². The minimum Gasteiger partial charge on any atom is -0.369 e. The summed E-state index contributed by atoms with van der Waals surface area (Å²) in [4.78, 5) is 28.4. The van der Waals surface area contributed by atoms with Crippen molar-refractivity contribution < 1.29 is 14.3 Å². The van der Waals surface area contributed by atoms with Crippen LogP contribution >= 0.6 is 11.3 Å². The van der Waals surface area contributed by atoms with Crippen molar-refractivity contribution in [1.29, 1.82) is 0 Å². The van der Waals surface area contributed by atoms with E-state index in [-0.39, 0.29) is 17.4 Å². The lowest BCUT2D eigenvalue weighted by Gasteiger charge is -2.43. The Kier molecular flexibility index (Phi) is 5.01. The number of ether oxygens (including phenoxy) is 1. The molecule has 2 amide bonds. The Morgan fingerprint density at radius 1 is 1.41 bits per heavy atom. The second kappa shape index (κ2) is 7.44. The van der Waals surface area contributed by atoms with E-state index >= 15 is 0 Å². The van der Waals surface area contributed by atoms with Crippen LogP contribution in [0.1, 0.15) is 52.0 Å². The molecule has 0 unspecified atom stereocenters. The maximum Gasteiger partial charge on any atom is 0.261 e. The van der Waals surface area contributed by atoms with Gasteiger partial charge in [0.25, 0.3) is 5.91 Å². The molecule has 144 valence electrons. The molecule has 2 N–H and O–H groups in total. The summed E-state index contributed by atoms with van der Waals surface area (Å²) in [5.41, 5.74) is 1.75. The van der Waals surface area contributed by atoms with Gasteiger partial charge in [-0.1, -0.05) is 6.92 Å². The van der Waals surface area contributed by atoms with Crippen LogP contribution in [0.5, 0.6) is 0 Å². The predicted molar refractivity (Wildman–Crippen MR) is 102 cm³/mol. The Bertz CT molecular complexity index is 822. The molecule has 2 aromatic heterocycles. The van der Waals surface area contributed by atoms with Gasteiger partial charge in [-0.2, -0.15) is 5.10 Å². The van der Waals surface area contributed by atoms with Crippen LogP contribution in [0.2, 0.25) is 0 Å². The largest absolute Gasteiger partial charge is 0.369 e. The van der Waals surface area contributed by atoms with Crippen molar-refractivity contribution in [1.82, 2.24) is 20.4 Å². The lowest BCUT2D eigenvalue weighted by Crippen LogP contribution is -2.47. The van der Waals surface area contributed by atoms with Gasteiger partial charge >= 0.3 is 0 Å². The number of piperidine rings is 1. The monoisotopic (exact) mass is 388 g/mol. The highest BCUT2D eigenvalue weighted by Gasteiger charge is 2.43. The quantitative estimate of drug-likeness (QED) is 0.841. The normalized spacial score (nSPS) is 18.3. The number of carbonyl (C=O) groups is 2.